The van der Waals surface area contributed by atoms with Gasteiger partial charge >= 0.3 is 5.97 Å². The van der Waals surface area contributed by atoms with Crippen molar-refractivity contribution in [3.8, 4) is 17.1 Å². The predicted molar refractivity (Wildman–Crippen MR) is 157 cm³/mol. The molecule has 3 heterocycles. The Kier molecular flexibility index (Phi) is 8.12. The Morgan fingerprint density at radius 1 is 1.15 bits per heavy atom. The molecule has 2 aromatic heterocycles. The lowest BCUT2D eigenvalue weighted by Crippen LogP contribution is -2.39. The van der Waals surface area contributed by atoms with Crippen molar-refractivity contribution in [1.29, 1.82) is 0 Å². The van der Waals surface area contributed by atoms with Crippen LogP contribution in [0.5, 0.6) is 5.75 Å². The van der Waals surface area contributed by atoms with E-state index in [9.17, 15) is 9.59 Å². The highest BCUT2D eigenvalue weighted by Crippen LogP contribution is 2.32. The number of nitrogens with zero attached hydrogens (tertiary/aromatic N) is 2. The lowest BCUT2D eigenvalue weighted by molar-refractivity contribution is -0.139. The van der Waals surface area contributed by atoms with E-state index in [0.29, 0.717) is 54.5 Å². The van der Waals surface area contributed by atoms with Crippen LogP contribution in [0.15, 0.2) is 92.7 Å². The van der Waals surface area contributed by atoms with Crippen LogP contribution in [0, 0.1) is 0 Å². The van der Waals surface area contributed by atoms with E-state index in [1.807, 2.05) is 12.1 Å². The second kappa shape index (κ2) is 11.7. The molecule has 1 aliphatic rings. The number of carbonyl (C=O) groups is 1. The summed E-state index contributed by atoms with van der Waals surface area (Å²) in [4.78, 5) is 31.9. The molecule has 0 saturated heterocycles. The molecule has 204 valence electrons. The van der Waals surface area contributed by atoms with E-state index >= 15 is 0 Å². The van der Waals surface area contributed by atoms with Crippen molar-refractivity contribution in [2.75, 3.05) is 13.2 Å². The van der Waals surface area contributed by atoms with Gasteiger partial charge in [0.2, 0.25) is 0 Å². The summed E-state index contributed by atoms with van der Waals surface area (Å²) >= 11 is 13.4. The molecule has 0 N–H and O–H groups in total. The lowest BCUT2D eigenvalue weighted by Gasteiger charge is -2.24. The van der Waals surface area contributed by atoms with Crippen molar-refractivity contribution in [2.45, 2.75) is 19.9 Å². The second-order valence-electron chi connectivity index (χ2n) is 8.80. The molecule has 4 aromatic rings. The summed E-state index contributed by atoms with van der Waals surface area (Å²) < 4.78 is 18.9. The zero-order valence-corrected chi connectivity index (χ0v) is 24.0. The third kappa shape index (κ3) is 5.43. The molecule has 1 atom stereocenters. The molecule has 0 saturated carbocycles. The Morgan fingerprint density at radius 3 is 2.62 bits per heavy atom. The van der Waals surface area contributed by atoms with E-state index < -0.39 is 12.0 Å². The van der Waals surface area contributed by atoms with Gasteiger partial charge in [-0.25, -0.2) is 9.79 Å². The van der Waals surface area contributed by atoms with Crippen LogP contribution in [-0.4, -0.2) is 23.8 Å². The van der Waals surface area contributed by atoms with E-state index in [4.69, 9.17) is 37.1 Å². The van der Waals surface area contributed by atoms with Crippen molar-refractivity contribution in [1.82, 2.24) is 4.57 Å². The SMILES string of the molecule is C=CCOc1ccc([C@H]2C(C(=O)OCC)=C(C)N=c3s/c(=C\c4ccc(-c5ccc(Cl)c(Cl)c5)o4)c(=O)n32)cc1. The minimum absolute atomic E-state index is 0.195. The number of carbonyl (C=O) groups excluding carboxylic acids is 1. The van der Waals surface area contributed by atoms with Crippen molar-refractivity contribution >= 4 is 46.6 Å². The van der Waals surface area contributed by atoms with Crippen LogP contribution in [0.4, 0.5) is 0 Å². The van der Waals surface area contributed by atoms with Gasteiger partial charge in [0.25, 0.3) is 5.56 Å². The van der Waals surface area contributed by atoms with Gasteiger partial charge in [-0.15, -0.1) is 0 Å². The fourth-order valence-electron chi connectivity index (χ4n) is 4.37. The first-order chi connectivity index (χ1) is 19.3. The number of furan rings is 1. The maximum atomic E-state index is 13.8. The van der Waals surface area contributed by atoms with E-state index in [2.05, 4.69) is 11.6 Å². The number of thiazole rings is 1. The minimum Gasteiger partial charge on any atom is -0.490 e. The summed E-state index contributed by atoms with van der Waals surface area (Å²) in [5.74, 6) is 1.18. The van der Waals surface area contributed by atoms with Crippen LogP contribution in [0.3, 0.4) is 0 Å². The first-order valence-electron chi connectivity index (χ1n) is 12.4. The maximum Gasteiger partial charge on any atom is 0.338 e. The normalized spacial score (nSPS) is 15.0. The standard InChI is InChI=1S/C30H24Cl2N2O5S/c1-4-14-38-20-9-6-18(7-10-20)27-26(29(36)37-5-2)17(3)33-30-34(27)28(35)25(40-30)16-21-11-13-24(39-21)19-8-12-22(31)23(32)15-19/h4,6-13,15-16,27H,1,5,14H2,2-3H3/b25-16-/t27-/m0/s1. The topological polar surface area (TPSA) is 83.0 Å². The van der Waals surface area contributed by atoms with Crippen molar-refractivity contribution in [3.63, 3.8) is 0 Å². The van der Waals surface area contributed by atoms with E-state index in [1.165, 1.54) is 15.9 Å². The number of allylic oxidation sites excluding steroid dienone is 1. The first-order valence-corrected chi connectivity index (χ1v) is 14.0. The molecule has 2 aromatic carbocycles. The van der Waals surface area contributed by atoms with Gasteiger partial charge in [-0.05, 0) is 61.9 Å². The third-order valence-electron chi connectivity index (χ3n) is 6.18. The lowest BCUT2D eigenvalue weighted by atomic mass is 9.96. The Hall–Kier alpha value is -3.85. The monoisotopic (exact) mass is 594 g/mol. The highest BCUT2D eigenvalue weighted by atomic mass is 35.5. The number of benzene rings is 2. The molecule has 0 bridgehead atoms. The summed E-state index contributed by atoms with van der Waals surface area (Å²) in [6.45, 7) is 7.70. The van der Waals surface area contributed by atoms with Crippen LogP contribution in [0.25, 0.3) is 17.4 Å². The zero-order chi connectivity index (χ0) is 28.4. The van der Waals surface area contributed by atoms with Crippen molar-refractivity contribution < 1.29 is 18.7 Å². The smallest absolute Gasteiger partial charge is 0.338 e. The van der Waals surface area contributed by atoms with Crippen molar-refractivity contribution in [2.24, 2.45) is 4.99 Å². The van der Waals surface area contributed by atoms with Crippen LogP contribution >= 0.6 is 34.5 Å². The highest BCUT2D eigenvalue weighted by Gasteiger charge is 2.33. The molecule has 10 heteroatoms. The van der Waals surface area contributed by atoms with Crippen molar-refractivity contribution in [3.05, 3.63) is 120 Å². The fraction of sp³-hybridized carbons (Fsp3) is 0.167. The van der Waals surface area contributed by atoms with Crippen LogP contribution in [0.1, 0.15) is 31.2 Å². The van der Waals surface area contributed by atoms with Gasteiger partial charge in [-0.3, -0.25) is 9.36 Å². The van der Waals surface area contributed by atoms with Gasteiger partial charge in [-0.2, -0.15) is 0 Å². The number of halogens is 2. The Balaban J connectivity index is 1.59. The molecule has 5 rings (SSSR count). The van der Waals surface area contributed by atoms with Crippen LogP contribution in [-0.2, 0) is 9.53 Å². The Bertz CT molecular complexity index is 1820. The summed E-state index contributed by atoms with van der Waals surface area (Å²) in [5, 5.41) is 0.864. The minimum atomic E-state index is -0.728. The number of ether oxygens (including phenoxy) is 2. The largest absolute Gasteiger partial charge is 0.490 e. The molecule has 0 radical (unpaired) electrons. The molecular formula is C30H24Cl2N2O5S. The van der Waals surface area contributed by atoms with Gasteiger partial charge in [0, 0.05) is 11.6 Å². The zero-order valence-electron chi connectivity index (χ0n) is 21.6. The number of rotatable bonds is 8. The summed E-state index contributed by atoms with van der Waals surface area (Å²) in [6, 6.07) is 15.3. The van der Waals surface area contributed by atoms with Crippen LogP contribution in [0.2, 0.25) is 10.0 Å². The van der Waals surface area contributed by atoms with Gasteiger partial charge < -0.3 is 13.9 Å². The fourth-order valence-corrected chi connectivity index (χ4v) is 5.70. The van der Waals surface area contributed by atoms with Gasteiger partial charge in [0.1, 0.15) is 23.9 Å². The quantitative estimate of drug-likeness (QED) is 0.186. The summed E-state index contributed by atoms with van der Waals surface area (Å²) in [6.07, 6.45) is 3.32. The highest BCUT2D eigenvalue weighted by molar-refractivity contribution is 7.07. The van der Waals surface area contributed by atoms with Gasteiger partial charge in [-0.1, -0.05) is 59.3 Å². The predicted octanol–water partition coefficient (Wildman–Crippen LogP) is 5.93. The molecule has 0 fully saturated rings. The average molecular weight is 596 g/mol. The molecular weight excluding hydrogens is 571 g/mol. The number of aromatic nitrogens is 1. The molecule has 1 aliphatic heterocycles. The second-order valence-corrected chi connectivity index (χ2v) is 10.6. The maximum absolute atomic E-state index is 13.8. The molecule has 40 heavy (non-hydrogen) atoms. The Morgan fingerprint density at radius 2 is 1.93 bits per heavy atom. The molecule has 7 nitrogen and oxygen atoms in total. The summed E-state index contributed by atoms with van der Waals surface area (Å²) in [7, 11) is 0. The molecule has 0 spiro atoms. The third-order valence-corrected chi connectivity index (χ3v) is 7.91. The molecule has 0 unspecified atom stereocenters. The molecule has 0 aliphatic carbocycles. The van der Waals surface area contributed by atoms with Gasteiger partial charge in [0.15, 0.2) is 4.80 Å². The van der Waals surface area contributed by atoms with E-state index in [0.717, 1.165) is 11.1 Å². The molecule has 0 amide bonds. The summed E-state index contributed by atoms with van der Waals surface area (Å²) in [5.41, 5.74) is 1.97. The van der Waals surface area contributed by atoms with E-state index in [1.54, 1.807) is 68.5 Å². The first kappa shape index (κ1) is 27.7. The number of hydrogen-bond acceptors (Lipinski definition) is 7. The number of esters is 1. The number of hydrogen-bond donors (Lipinski definition) is 0. The van der Waals surface area contributed by atoms with Crippen LogP contribution < -0.4 is 19.6 Å². The number of fused-ring (bicyclic) bond motifs is 1. The van der Waals surface area contributed by atoms with Gasteiger partial charge in [0.05, 0.1) is 38.5 Å². The Labute approximate surface area is 243 Å². The average Bonchev–Trinajstić information content (AvgIpc) is 3.53. The van der Waals surface area contributed by atoms with E-state index in [-0.39, 0.29) is 12.2 Å².